The zero-order valence-electron chi connectivity index (χ0n) is 31.8. The molecule has 3 aromatic rings. The monoisotopic (exact) mass is 755 g/mol. The number of carbonyl (C=O) groups excluding carboxylic acids is 4. The Bertz CT molecular complexity index is 1690. The summed E-state index contributed by atoms with van der Waals surface area (Å²) in [4.78, 5) is 56.3. The third-order valence-electron chi connectivity index (χ3n) is 8.39. The van der Waals surface area contributed by atoms with Crippen LogP contribution in [0.25, 0.3) is 11.3 Å². The first-order valence-electron chi connectivity index (χ1n) is 18.0. The number of amides is 3. The van der Waals surface area contributed by atoms with E-state index in [0.29, 0.717) is 48.2 Å². The fourth-order valence-electron chi connectivity index (χ4n) is 5.42. The molecule has 1 unspecified atom stereocenters. The fourth-order valence-corrected chi connectivity index (χ4v) is 6.70. The third-order valence-corrected chi connectivity index (χ3v) is 10.2. The molecule has 0 aliphatic carbocycles. The molecule has 0 aliphatic rings. The molecular weight excluding hydrogens is 701 g/mol. The molecule has 1 aromatic heterocycles. The van der Waals surface area contributed by atoms with Crippen LogP contribution in [0.5, 0.6) is 5.75 Å². The van der Waals surface area contributed by atoms with Gasteiger partial charge >= 0.3 is 5.97 Å². The molecule has 0 radical (unpaired) electrons. The van der Waals surface area contributed by atoms with Gasteiger partial charge in [-0.15, -0.1) is 0 Å². The summed E-state index contributed by atoms with van der Waals surface area (Å²) in [5, 5.41) is 6.86. The van der Waals surface area contributed by atoms with E-state index in [1.165, 1.54) is 6.07 Å². The highest BCUT2D eigenvalue weighted by atomic mass is 31.2. The molecule has 53 heavy (non-hydrogen) atoms. The van der Waals surface area contributed by atoms with Crippen LogP contribution in [0.4, 0.5) is 0 Å². The van der Waals surface area contributed by atoms with Gasteiger partial charge < -0.3 is 29.0 Å². The number of nitrogens with one attached hydrogen (secondary N) is 2. The first-order chi connectivity index (χ1) is 25.2. The van der Waals surface area contributed by atoms with Crippen LogP contribution in [0.3, 0.4) is 0 Å². The van der Waals surface area contributed by atoms with Gasteiger partial charge in [-0.25, -0.2) is 9.90 Å². The van der Waals surface area contributed by atoms with Gasteiger partial charge in [0.25, 0.3) is 5.91 Å². The zero-order valence-corrected chi connectivity index (χ0v) is 32.7. The van der Waals surface area contributed by atoms with E-state index >= 15 is 0 Å². The predicted molar refractivity (Wildman–Crippen MR) is 201 cm³/mol. The number of hydroxylamine groups is 2. The summed E-state index contributed by atoms with van der Waals surface area (Å²) in [6.07, 6.45) is 3.87. The molecule has 3 amide bonds. The molecule has 2 N–H and O–H groups in total. The van der Waals surface area contributed by atoms with Crippen molar-refractivity contribution in [3.8, 4) is 17.1 Å². The Labute approximate surface area is 312 Å². The number of hydrogen-bond acceptors (Lipinski definition) is 10. The maximum absolute atomic E-state index is 13.7. The quantitative estimate of drug-likeness (QED) is 0.0278. The van der Waals surface area contributed by atoms with Crippen molar-refractivity contribution in [2.75, 3.05) is 26.7 Å². The van der Waals surface area contributed by atoms with Crippen molar-refractivity contribution in [1.29, 1.82) is 0 Å². The Morgan fingerprint density at radius 2 is 1.72 bits per heavy atom. The molecule has 0 fully saturated rings. The van der Waals surface area contributed by atoms with Crippen molar-refractivity contribution < 1.29 is 47.0 Å². The van der Waals surface area contributed by atoms with Crippen LogP contribution in [0.1, 0.15) is 89.8 Å². The number of hydrogen-bond donors (Lipinski definition) is 2. The van der Waals surface area contributed by atoms with Crippen LogP contribution in [0, 0.1) is 11.3 Å². The first kappa shape index (κ1) is 43.0. The minimum Gasteiger partial charge on any atom is -0.494 e. The highest BCUT2D eigenvalue weighted by molar-refractivity contribution is 7.66. The van der Waals surface area contributed by atoms with E-state index in [2.05, 4.69) is 10.6 Å². The van der Waals surface area contributed by atoms with Crippen molar-refractivity contribution in [3.63, 3.8) is 0 Å². The molecule has 0 saturated carbocycles. The molecule has 0 spiro atoms. The molecule has 3 atom stereocenters. The van der Waals surface area contributed by atoms with Crippen molar-refractivity contribution in [1.82, 2.24) is 15.7 Å². The van der Waals surface area contributed by atoms with Crippen molar-refractivity contribution >= 4 is 36.9 Å². The maximum atomic E-state index is 13.7. The van der Waals surface area contributed by atoms with Gasteiger partial charge in [-0.3, -0.25) is 23.7 Å². The van der Waals surface area contributed by atoms with Gasteiger partial charge in [0.1, 0.15) is 11.5 Å². The molecule has 13 nitrogen and oxygen atoms in total. The van der Waals surface area contributed by atoms with E-state index in [9.17, 15) is 23.7 Å². The fraction of sp³-hybridized carbons (Fsp3) is 0.487. The highest BCUT2D eigenvalue weighted by Gasteiger charge is 2.33. The summed E-state index contributed by atoms with van der Waals surface area (Å²) in [6, 6.07) is 17.0. The smallest absolute Gasteiger partial charge is 0.313 e. The van der Waals surface area contributed by atoms with E-state index in [1.54, 1.807) is 51.7 Å². The predicted octanol–water partition coefficient (Wildman–Crippen LogP) is 6.81. The number of unbranched alkanes of at least 4 members (excludes halogenated alkanes) is 2. The summed E-state index contributed by atoms with van der Waals surface area (Å²) in [5.74, 6) is -1.30. The van der Waals surface area contributed by atoms with Crippen LogP contribution < -0.4 is 20.7 Å². The second kappa shape index (κ2) is 20.7. The van der Waals surface area contributed by atoms with Gasteiger partial charge in [0.2, 0.25) is 26.5 Å². The lowest BCUT2D eigenvalue weighted by Crippen LogP contribution is -2.48. The Kier molecular flexibility index (Phi) is 16.8. The Morgan fingerprint density at radius 3 is 2.36 bits per heavy atom. The molecule has 14 heteroatoms. The minimum atomic E-state index is -3.29. The van der Waals surface area contributed by atoms with Gasteiger partial charge in [-0.2, -0.15) is 0 Å². The van der Waals surface area contributed by atoms with E-state index in [1.807, 2.05) is 51.1 Å². The molecule has 0 aliphatic heterocycles. The number of nitrogens with zero attached hydrogens (tertiary/aromatic N) is 1. The van der Waals surface area contributed by atoms with E-state index in [-0.39, 0.29) is 24.9 Å². The van der Waals surface area contributed by atoms with Gasteiger partial charge in [-0.05, 0) is 76.4 Å². The van der Waals surface area contributed by atoms with E-state index in [4.69, 9.17) is 23.3 Å². The molecule has 0 saturated heterocycles. The maximum Gasteiger partial charge on any atom is 0.313 e. The van der Waals surface area contributed by atoms with Crippen molar-refractivity contribution in [2.24, 2.45) is 11.3 Å². The summed E-state index contributed by atoms with van der Waals surface area (Å²) in [6.45, 7) is 12.2. The molecule has 0 bridgehead atoms. The lowest BCUT2D eigenvalue weighted by Gasteiger charge is -2.32. The van der Waals surface area contributed by atoms with Gasteiger partial charge in [-0.1, -0.05) is 63.4 Å². The van der Waals surface area contributed by atoms with Crippen LogP contribution in [-0.4, -0.2) is 62.0 Å². The molecule has 2 aromatic carbocycles. The number of esters is 1. The second-order valence-electron chi connectivity index (χ2n) is 13.6. The average Bonchev–Trinajstić information content (AvgIpc) is 3.64. The first-order valence-corrected chi connectivity index (χ1v) is 20.1. The van der Waals surface area contributed by atoms with Crippen LogP contribution in [0.15, 0.2) is 65.1 Å². The van der Waals surface area contributed by atoms with Crippen LogP contribution in [0.2, 0.25) is 0 Å². The number of furan rings is 1. The van der Waals surface area contributed by atoms with Gasteiger partial charge in [0.15, 0.2) is 5.76 Å². The Morgan fingerprint density at radius 1 is 0.981 bits per heavy atom. The number of benzene rings is 2. The normalized spacial score (nSPS) is 13.6. The Balaban J connectivity index is 1.68. The van der Waals surface area contributed by atoms with Crippen molar-refractivity contribution in [3.05, 3.63) is 72.0 Å². The molecular formula is C39H54N3O10P. The molecule has 290 valence electrons. The standard InChI is InChI=1S/C39H54N3O10P/c1-8-11-13-18-32(33(9-2)42(26-43)50-27-49-38(46)39(4,5)6)36(44)40-25-41-37(45)35-20-19-34(52-35)29-21-30(48-10-3)23-31(22-29)53(7,47)51-24-28-16-14-12-15-17-28/h12,14-17,19-23,26,32-33H,8-11,13,18,24-25,27H2,1-7H3,(H,40,44)(H,41,45)/t32-,33-,53?/m1/s1. The highest BCUT2D eigenvalue weighted by Crippen LogP contribution is 2.44. The summed E-state index contributed by atoms with van der Waals surface area (Å²) in [7, 11) is -3.29. The van der Waals surface area contributed by atoms with Crippen LogP contribution in [-0.2, 0) is 39.7 Å². The lowest BCUT2D eigenvalue weighted by atomic mass is 9.90. The largest absolute Gasteiger partial charge is 0.494 e. The van der Waals surface area contributed by atoms with E-state index < -0.39 is 43.4 Å². The van der Waals surface area contributed by atoms with Crippen LogP contribution >= 0.6 is 7.37 Å². The molecule has 1 heterocycles. The number of ether oxygens (including phenoxy) is 2. The van der Waals surface area contributed by atoms with Gasteiger partial charge in [0, 0.05) is 17.5 Å². The minimum absolute atomic E-state index is 0.00566. The zero-order chi connectivity index (χ0) is 39.0. The summed E-state index contributed by atoms with van der Waals surface area (Å²) < 4.78 is 36.4. The third kappa shape index (κ3) is 13.2. The molecule has 3 rings (SSSR count). The summed E-state index contributed by atoms with van der Waals surface area (Å²) >= 11 is 0. The lowest BCUT2D eigenvalue weighted by molar-refractivity contribution is -0.236. The SMILES string of the molecule is CCCCC[C@@H](C(=O)NCNC(=O)c1ccc(-c2cc(OCC)cc(P(C)(=O)OCc3ccccc3)c2)o1)[C@@H](CC)N(C=O)OCOC(=O)C(C)(C)C. The average molecular weight is 756 g/mol. The number of carbonyl (C=O) groups is 4. The van der Waals surface area contributed by atoms with E-state index in [0.717, 1.165) is 29.9 Å². The topological polar surface area (TPSA) is 163 Å². The summed E-state index contributed by atoms with van der Waals surface area (Å²) in [5.41, 5.74) is 0.680. The van der Waals surface area contributed by atoms with Gasteiger partial charge in [0.05, 0.1) is 37.3 Å². The van der Waals surface area contributed by atoms with Crippen molar-refractivity contribution in [2.45, 2.75) is 86.3 Å². The Hall–Kier alpha value is -4.45. The second-order valence-corrected chi connectivity index (χ2v) is 16.1. The number of rotatable bonds is 22.